The Morgan fingerprint density at radius 2 is 1.52 bits per heavy atom. The van der Waals surface area contributed by atoms with Gasteiger partial charge in [0.1, 0.15) is 0 Å². The van der Waals surface area contributed by atoms with Gasteiger partial charge in [-0.1, -0.05) is 62.5 Å². The summed E-state index contributed by atoms with van der Waals surface area (Å²) >= 11 is 0. The maximum atomic E-state index is 2.27. The van der Waals surface area contributed by atoms with Gasteiger partial charge in [-0.05, 0) is 11.8 Å². The van der Waals surface area contributed by atoms with Gasteiger partial charge in [0.25, 0.3) is 0 Å². The molecule has 0 spiro atoms. The first-order valence-corrected chi connectivity index (χ1v) is 7.90. The fourth-order valence-electron chi connectivity index (χ4n) is 3.10. The molecule has 0 unspecified atom stereocenters. The number of allylic oxidation sites excluding steroid dienone is 8. The molecule has 2 aliphatic rings. The molecule has 0 N–H and O–H groups in total. The summed E-state index contributed by atoms with van der Waals surface area (Å²) in [7, 11) is 0. The second-order valence-electron chi connectivity index (χ2n) is 5.94. The van der Waals surface area contributed by atoms with Crippen molar-refractivity contribution in [3.63, 3.8) is 0 Å². The fourth-order valence-corrected chi connectivity index (χ4v) is 3.10. The quantitative estimate of drug-likeness (QED) is 0.576. The van der Waals surface area contributed by atoms with E-state index in [-0.39, 0.29) is 26.2 Å². The van der Waals surface area contributed by atoms with Gasteiger partial charge in [-0.2, -0.15) is 40.5 Å². The van der Waals surface area contributed by atoms with E-state index in [0.29, 0.717) is 11.8 Å². The van der Waals surface area contributed by atoms with E-state index in [9.17, 15) is 0 Å². The molecule has 0 aliphatic heterocycles. The molecule has 0 nitrogen and oxygen atoms in total. The van der Waals surface area contributed by atoms with Gasteiger partial charge in [-0.3, -0.25) is 0 Å². The largest absolute Gasteiger partial charge is 2.00 e. The molecule has 0 fully saturated rings. The van der Waals surface area contributed by atoms with Crippen molar-refractivity contribution in [1.82, 2.24) is 0 Å². The van der Waals surface area contributed by atoms with Crippen molar-refractivity contribution < 1.29 is 26.2 Å². The first-order valence-electron chi connectivity index (χ1n) is 7.90. The Kier molecular flexibility index (Phi) is 6.54. The Balaban J connectivity index is 0.000000234. The van der Waals surface area contributed by atoms with Crippen molar-refractivity contribution >= 4 is 0 Å². The van der Waals surface area contributed by atoms with E-state index in [4.69, 9.17) is 0 Å². The summed E-state index contributed by atoms with van der Waals surface area (Å²) in [4.78, 5) is 0. The summed E-state index contributed by atoms with van der Waals surface area (Å²) in [5.41, 5.74) is 5.70. The molecule has 4 rings (SSSR count). The molecule has 0 saturated carbocycles. The summed E-state index contributed by atoms with van der Waals surface area (Å²) in [6.07, 6.45) is 17.6. The van der Waals surface area contributed by atoms with E-state index in [1.165, 1.54) is 22.3 Å². The van der Waals surface area contributed by atoms with E-state index < -0.39 is 0 Å². The molecular formula is C22H22Zr. The van der Waals surface area contributed by atoms with Crippen molar-refractivity contribution in [1.29, 1.82) is 0 Å². The maximum Gasteiger partial charge on any atom is 2.00 e. The van der Waals surface area contributed by atoms with Crippen LogP contribution in [0.3, 0.4) is 0 Å². The van der Waals surface area contributed by atoms with Crippen LogP contribution in [-0.2, 0) is 26.2 Å². The van der Waals surface area contributed by atoms with E-state index in [1.807, 2.05) is 12.1 Å². The van der Waals surface area contributed by atoms with E-state index in [2.05, 4.69) is 86.7 Å². The van der Waals surface area contributed by atoms with Crippen LogP contribution < -0.4 is 0 Å². The Morgan fingerprint density at radius 1 is 0.913 bits per heavy atom. The monoisotopic (exact) mass is 376 g/mol. The third-order valence-electron chi connectivity index (χ3n) is 4.27. The number of hydrogen-bond donors (Lipinski definition) is 0. The van der Waals surface area contributed by atoms with Crippen molar-refractivity contribution in [3.8, 4) is 0 Å². The van der Waals surface area contributed by atoms with Gasteiger partial charge in [0.05, 0.1) is 0 Å². The van der Waals surface area contributed by atoms with Gasteiger partial charge in [0.15, 0.2) is 0 Å². The zero-order chi connectivity index (χ0) is 15.4. The molecule has 0 amide bonds. The van der Waals surface area contributed by atoms with Crippen LogP contribution in [-0.4, -0.2) is 0 Å². The first-order chi connectivity index (χ1) is 10.8. The minimum Gasteiger partial charge on any atom is -0.213 e. The van der Waals surface area contributed by atoms with Gasteiger partial charge in [-0.25, -0.2) is 18.2 Å². The minimum absolute atomic E-state index is 0. The second kappa shape index (κ2) is 8.41. The van der Waals surface area contributed by atoms with Crippen molar-refractivity contribution in [2.75, 3.05) is 0 Å². The number of aryl methyl sites for hydroxylation is 2. The Morgan fingerprint density at radius 3 is 2.00 bits per heavy atom. The average molecular weight is 378 g/mol. The van der Waals surface area contributed by atoms with Gasteiger partial charge >= 0.3 is 26.2 Å². The SMILES string of the molecule is C[c-]1ccc(C2C=CC=C2)c1C1C=CC=C1.Cc1ccc[cH-]1.[Zr+2]. The molecular weight excluding hydrogens is 355 g/mol. The zero-order valence-corrected chi connectivity index (χ0v) is 16.2. The van der Waals surface area contributed by atoms with Crippen LogP contribution >= 0.6 is 0 Å². The molecule has 0 heterocycles. The Labute approximate surface area is 158 Å². The normalized spacial score (nSPS) is 15.7. The van der Waals surface area contributed by atoms with Gasteiger partial charge < -0.3 is 0 Å². The molecule has 2 aromatic carbocycles. The van der Waals surface area contributed by atoms with Crippen LogP contribution in [0.25, 0.3) is 0 Å². The van der Waals surface area contributed by atoms with Crippen molar-refractivity contribution in [2.45, 2.75) is 25.7 Å². The van der Waals surface area contributed by atoms with Crippen LogP contribution in [0.4, 0.5) is 0 Å². The fraction of sp³-hybridized carbons (Fsp3) is 0.182. The second-order valence-corrected chi connectivity index (χ2v) is 5.94. The Bertz CT molecular complexity index is 696. The first kappa shape index (κ1) is 17.9. The third kappa shape index (κ3) is 4.30. The molecule has 23 heavy (non-hydrogen) atoms. The van der Waals surface area contributed by atoms with Gasteiger partial charge in [0.2, 0.25) is 0 Å². The van der Waals surface area contributed by atoms with Gasteiger partial charge in [0, 0.05) is 0 Å². The van der Waals surface area contributed by atoms with Crippen LogP contribution in [0, 0.1) is 13.8 Å². The standard InChI is InChI=1S/C16H15.C6H7.Zr/c1-12-10-11-15(13-6-2-3-7-13)16(12)14-8-4-5-9-14;1-6-4-2-3-5-6;/h2-11,13-14H,1H3;2-5H,1H3;/q2*-1;+2. The zero-order valence-electron chi connectivity index (χ0n) is 13.7. The number of hydrogen-bond acceptors (Lipinski definition) is 0. The minimum atomic E-state index is 0. The van der Waals surface area contributed by atoms with E-state index in [0.717, 1.165) is 0 Å². The molecule has 0 saturated heterocycles. The summed E-state index contributed by atoms with van der Waals surface area (Å²) in [6, 6.07) is 12.8. The summed E-state index contributed by atoms with van der Waals surface area (Å²) in [5.74, 6) is 0.957. The van der Waals surface area contributed by atoms with Crippen LogP contribution in [0.15, 0.2) is 85.0 Å². The molecule has 0 atom stereocenters. The maximum absolute atomic E-state index is 2.27. The smallest absolute Gasteiger partial charge is 0.213 e. The third-order valence-corrected chi connectivity index (χ3v) is 4.27. The van der Waals surface area contributed by atoms with Crippen molar-refractivity contribution in [3.05, 3.63) is 107 Å². The predicted octanol–water partition coefficient (Wildman–Crippen LogP) is 5.84. The molecule has 114 valence electrons. The summed E-state index contributed by atoms with van der Waals surface area (Å²) in [5, 5.41) is 0. The number of rotatable bonds is 2. The average Bonchev–Trinajstić information content (AvgIpc) is 3.27. The molecule has 0 bridgehead atoms. The molecule has 2 aliphatic carbocycles. The van der Waals surface area contributed by atoms with Crippen LogP contribution in [0.1, 0.15) is 34.1 Å². The molecule has 0 aromatic heterocycles. The molecule has 2 aromatic rings. The van der Waals surface area contributed by atoms with Gasteiger partial charge in [-0.15, -0.1) is 0 Å². The van der Waals surface area contributed by atoms with E-state index >= 15 is 0 Å². The van der Waals surface area contributed by atoms with Crippen molar-refractivity contribution in [2.24, 2.45) is 0 Å². The summed E-state index contributed by atoms with van der Waals surface area (Å²) in [6.45, 7) is 4.29. The van der Waals surface area contributed by atoms with Crippen LogP contribution in [0.2, 0.25) is 0 Å². The van der Waals surface area contributed by atoms with E-state index in [1.54, 1.807) is 0 Å². The molecule has 0 radical (unpaired) electrons. The predicted molar refractivity (Wildman–Crippen MR) is 95.6 cm³/mol. The summed E-state index contributed by atoms with van der Waals surface area (Å²) < 4.78 is 0. The van der Waals surface area contributed by atoms with Crippen LogP contribution in [0.5, 0.6) is 0 Å². The molecule has 1 heteroatoms. The topological polar surface area (TPSA) is 0 Å². The Hall–Kier alpha value is -1.46.